The van der Waals surface area contributed by atoms with E-state index in [9.17, 15) is 0 Å². The Labute approximate surface area is 941 Å². The highest BCUT2D eigenvalue weighted by atomic mass is 35.5. The monoisotopic (exact) mass is 2210 g/mol. The molecule has 0 N–H and O–H groups in total. The van der Waals surface area contributed by atoms with Gasteiger partial charge < -0.3 is 0 Å². The van der Waals surface area contributed by atoms with Crippen LogP contribution in [-0.4, -0.2) is 49.6 Å². The molecule has 828 valence electrons. The minimum Gasteiger partial charge on any atom is -0.102 e. The van der Waals surface area contributed by atoms with Crippen molar-refractivity contribution in [3.8, 4) is 0 Å². The lowest BCUT2D eigenvalue weighted by atomic mass is 9.62. The van der Waals surface area contributed by atoms with E-state index in [1.807, 2.05) is 36.4 Å². The highest BCUT2D eigenvalue weighted by Gasteiger charge is 2.68. The minimum atomic E-state index is -1.31. The van der Waals surface area contributed by atoms with Crippen LogP contribution in [0.5, 0.6) is 0 Å². The summed E-state index contributed by atoms with van der Waals surface area (Å²) in [6, 6.07) is 23.6. The van der Waals surface area contributed by atoms with Crippen molar-refractivity contribution in [3.05, 3.63) is 72.3 Å². The number of rotatable bonds is 9. The molecule has 0 amide bonds. The van der Waals surface area contributed by atoms with Crippen LogP contribution < -0.4 is 0 Å². The molecule has 22 aliphatic carbocycles. The van der Waals surface area contributed by atoms with Gasteiger partial charge in [0.25, 0.3) is 0 Å². The van der Waals surface area contributed by atoms with Crippen molar-refractivity contribution >= 4 is 125 Å². The first-order valence-electron chi connectivity index (χ1n) is 64.1. The Bertz CT molecular complexity index is 3950. The third-order valence-electron chi connectivity index (χ3n) is 49.1. The van der Waals surface area contributed by atoms with Gasteiger partial charge in [0.1, 0.15) is 17.3 Å². The first-order valence-corrected chi connectivity index (χ1v) is 79.8. The predicted octanol–water partition coefficient (Wildman–Crippen LogP) is 45.7. The summed E-state index contributed by atoms with van der Waals surface area (Å²) >= 11 is 42.4. The van der Waals surface area contributed by atoms with Gasteiger partial charge in [0.05, 0.1) is 32.3 Å². The fraction of sp³-hybridized carbons (Fsp3) is 0.910. The maximum absolute atomic E-state index is 5.30. The zero-order valence-electron chi connectivity index (χ0n) is 97.5. The van der Waals surface area contributed by atoms with Gasteiger partial charge in [0.15, 0.2) is 0 Å². The largest absolute Gasteiger partial charge is 0.112 e. The van der Waals surface area contributed by atoms with Crippen LogP contribution in [0.25, 0.3) is 0 Å². The molecule has 41 unspecified atom stereocenters. The zero-order valence-corrected chi connectivity index (χ0v) is 108. The summed E-state index contributed by atoms with van der Waals surface area (Å²) in [5.74, 6) is 38.6. The molecule has 22 saturated carbocycles. The van der Waals surface area contributed by atoms with E-state index >= 15 is 0 Å². The quantitative estimate of drug-likeness (QED) is 0.173. The van der Waals surface area contributed by atoms with Crippen LogP contribution in [0.15, 0.2) is 66.7 Å². The molecule has 12 heteroatoms. The fourth-order valence-corrected chi connectivity index (χ4v) is 73.6. The topological polar surface area (TPSA) is 0 Å². The molecule has 0 heterocycles. The third-order valence-corrected chi connectivity index (χ3v) is 70.5. The maximum Gasteiger partial charge on any atom is 0.112 e. The van der Waals surface area contributed by atoms with Gasteiger partial charge in [-0.25, -0.2) is 0 Å². The van der Waals surface area contributed by atoms with Crippen molar-refractivity contribution in [3.63, 3.8) is 0 Å². The van der Waals surface area contributed by atoms with Crippen LogP contribution in [0.4, 0.5) is 0 Å². The number of benzene rings is 2. The second kappa shape index (κ2) is 50.9. The molecule has 22 fully saturated rings. The summed E-state index contributed by atoms with van der Waals surface area (Å²) in [4.78, 5) is 0. The predicted molar refractivity (Wildman–Crippen MR) is 651 cm³/mol. The molecule has 41 atom stereocenters. The summed E-state index contributed by atoms with van der Waals surface area (Å²) in [6.07, 6.45) is 82.3. The summed E-state index contributed by atoms with van der Waals surface area (Å²) in [5.41, 5.74) is 10.9. The molecule has 0 spiro atoms. The van der Waals surface area contributed by atoms with Gasteiger partial charge >= 0.3 is 0 Å². The van der Waals surface area contributed by atoms with Gasteiger partial charge in [-0.1, -0.05) is 353 Å². The van der Waals surface area contributed by atoms with Crippen molar-refractivity contribution in [1.82, 2.24) is 0 Å². The molecular weight excluding hydrogens is 1990 g/mol. The molecule has 0 aromatic heterocycles. The lowest BCUT2D eigenvalue weighted by Gasteiger charge is -2.51. The van der Waals surface area contributed by atoms with E-state index in [4.69, 9.17) is 92.8 Å². The van der Waals surface area contributed by atoms with Crippen LogP contribution >= 0.6 is 92.8 Å². The second-order valence-electron chi connectivity index (χ2n) is 60.9. The Morgan fingerprint density at radius 1 is 0.172 bits per heavy atom. The average molecular weight is 2220 g/mol. The molecule has 145 heavy (non-hydrogen) atoms. The molecule has 0 radical (unpaired) electrons. The first-order chi connectivity index (χ1) is 68.6. The van der Waals surface area contributed by atoms with Crippen LogP contribution in [0, 0.1) is 201 Å². The lowest BCUT2D eigenvalue weighted by molar-refractivity contribution is 0.0688. The van der Waals surface area contributed by atoms with Crippen molar-refractivity contribution < 1.29 is 0 Å². The molecule has 2 aromatic rings. The van der Waals surface area contributed by atoms with Crippen molar-refractivity contribution in [2.24, 2.45) is 201 Å². The van der Waals surface area contributed by atoms with Crippen LogP contribution in [0.3, 0.4) is 0 Å². The lowest BCUT2D eigenvalue weighted by Crippen LogP contribution is -2.48. The highest BCUT2D eigenvalue weighted by Crippen LogP contribution is 2.75. The van der Waals surface area contributed by atoms with Gasteiger partial charge in [-0.3, -0.25) is 0 Å². The summed E-state index contributed by atoms with van der Waals surface area (Å²) in [6.45, 7) is 53.3. The number of alkyl halides is 8. The zero-order chi connectivity index (χ0) is 104. The van der Waals surface area contributed by atoms with Gasteiger partial charge in [-0.05, 0) is 454 Å². The van der Waals surface area contributed by atoms with Gasteiger partial charge in [-0.2, -0.15) is 0 Å². The standard InChI is InChI=1S/C30H52Si.C29H50Si.C28H48Si.C28H44Si.C6H6.4C3H6Cl2/c1-19-17-27-23-11-7-5-9-21(23)13-15-25(27)29(19)31(3,4)30-20(2)18-28-24-12-8-6-10-22(24)14-16-26(28)30;1-18-14-23-16-21-9-7-10-22(21)17-26(23)29(18)30(3,4)28-19(2)15-27-24-11-6-5-8-20(24)12-13-25(27)28;1-29(2,27-23-15-7-3-11-19(23)20-12-4-8-16-24(20)27)28-25-17-9-5-13-21(25)22-14-6-10-18-26(22)28;1-19-17-22-13-8-9-14-24(22)27(19)29(3,4)28-20(2)18-26-23(15-10-16-25(26)28)21-11-6-5-7-12-21;1-2-4-6-5-3-1;4*1-3(2,4)5/h19-30H,5-18H2,1-4H3;18-29H,5-17H2,1-4H3;19-28H,3-18H2,1-2H3;5-7,11-12,19-20,22-28H,8-10,13-18H2,1-4H3;1-6H;4*1-2H3. The second-order valence-corrected chi connectivity index (χ2v) is 89.1. The Balaban J connectivity index is 0.000000128. The Hall–Kier alpha value is 1.63. The molecule has 0 saturated heterocycles. The third kappa shape index (κ3) is 28.2. The number of hydrogen-bond donors (Lipinski definition) is 0. The summed E-state index contributed by atoms with van der Waals surface area (Å²) < 4.78 is -2.22. The SMILES string of the molecule is CC(C)(Cl)Cl.CC(C)(Cl)Cl.CC(C)(Cl)Cl.CC(C)(Cl)Cl.CC1CC2C3CCCCC3CCC2C1[Si](C)(C)C1C(C)CC2C3CCCCC3CCC21.CC1CC2CC3CCCC3CC2C1[Si](C)(C)C1C(C)CC2C3CCCCC3CCC21.CC1CC2CCCCC2C1[Si](C)(C)C1C(C)CC2C(c3ccccc3)CCCC21.C[Si](C)(C1C2CCCCC2C2CCCCC21)C1C2CCCCC2C2CCCCC21.c1ccccc1. The summed E-state index contributed by atoms with van der Waals surface area (Å²) in [5, 5.41) is 0. The average Bonchev–Trinajstić information content (AvgIpc) is 1.54. The molecule has 22 aliphatic rings. The molecule has 2 aromatic carbocycles. The Morgan fingerprint density at radius 2 is 0.386 bits per heavy atom. The first kappa shape index (κ1) is 119. The van der Waals surface area contributed by atoms with E-state index in [1.165, 1.54) is 73.3 Å². The molecular formula is C133H224Cl8Si4. The van der Waals surface area contributed by atoms with Gasteiger partial charge in [0, 0.05) is 0 Å². The van der Waals surface area contributed by atoms with Crippen LogP contribution in [0.2, 0.25) is 96.7 Å². The molecule has 0 bridgehead atoms. The molecule has 0 nitrogen and oxygen atoms in total. The van der Waals surface area contributed by atoms with Gasteiger partial charge in [0.2, 0.25) is 0 Å². The Kier molecular flexibility index (Phi) is 41.8. The van der Waals surface area contributed by atoms with E-state index in [1.54, 1.807) is 356 Å². The van der Waals surface area contributed by atoms with E-state index in [0.29, 0.717) is 0 Å². The van der Waals surface area contributed by atoms with Crippen molar-refractivity contribution in [1.29, 1.82) is 0 Å². The van der Waals surface area contributed by atoms with Crippen molar-refractivity contribution in [2.45, 2.75) is 551 Å². The normalized spacial score (nSPS) is 44.6. The van der Waals surface area contributed by atoms with Crippen LogP contribution in [0.1, 0.15) is 442 Å². The molecule has 0 aliphatic heterocycles. The van der Waals surface area contributed by atoms with E-state index in [-0.39, 0.29) is 0 Å². The van der Waals surface area contributed by atoms with E-state index in [2.05, 4.69) is 124 Å². The van der Waals surface area contributed by atoms with E-state index in [0.717, 1.165) is 217 Å². The van der Waals surface area contributed by atoms with Gasteiger partial charge in [-0.15, -0.1) is 92.8 Å². The fourth-order valence-electron chi connectivity index (χ4n) is 47.0. The molecule has 24 rings (SSSR count). The van der Waals surface area contributed by atoms with Crippen molar-refractivity contribution in [2.75, 3.05) is 0 Å². The number of hydrogen-bond acceptors (Lipinski definition) is 0. The number of fused-ring (bicyclic) bond motifs is 19. The highest BCUT2D eigenvalue weighted by molar-refractivity contribution is 6.82. The summed E-state index contributed by atoms with van der Waals surface area (Å²) in [7, 11) is -5.15. The minimum absolute atomic E-state index is 0.556. The number of halogens is 8. The maximum atomic E-state index is 5.30. The Morgan fingerprint density at radius 3 is 0.724 bits per heavy atom. The van der Waals surface area contributed by atoms with Crippen LogP contribution in [-0.2, 0) is 0 Å². The smallest absolute Gasteiger partial charge is 0.102 e. The van der Waals surface area contributed by atoms with E-state index < -0.39 is 49.6 Å².